The fourth-order valence-corrected chi connectivity index (χ4v) is 2.95. The minimum atomic E-state index is -2.43. The number of halogens is 2. The molecule has 1 fully saturated rings. The summed E-state index contributed by atoms with van der Waals surface area (Å²) in [5.41, 5.74) is 0.623. The van der Waals surface area contributed by atoms with Crippen LogP contribution in [0.25, 0.3) is 0 Å². The maximum Gasteiger partial charge on any atom is 0.288 e. The van der Waals surface area contributed by atoms with E-state index in [0.717, 1.165) is 11.6 Å². The predicted octanol–water partition coefficient (Wildman–Crippen LogP) is 2.60. The second-order valence-electron chi connectivity index (χ2n) is 3.66. The van der Waals surface area contributed by atoms with Crippen LogP contribution in [-0.4, -0.2) is 29.3 Å². The molecule has 1 saturated heterocycles. The molecule has 1 aliphatic rings. The van der Waals surface area contributed by atoms with E-state index in [9.17, 15) is 13.6 Å². The Balaban J connectivity index is 1.91. The molecule has 0 spiro atoms. The molecule has 1 heterocycles. The van der Waals surface area contributed by atoms with Crippen LogP contribution < -0.4 is 10.6 Å². The number of thioether (sulfide) groups is 2. The molecule has 1 amide bonds. The van der Waals surface area contributed by atoms with Crippen molar-refractivity contribution in [3.05, 3.63) is 24.3 Å². The summed E-state index contributed by atoms with van der Waals surface area (Å²) < 4.78 is 24.2. The van der Waals surface area contributed by atoms with Gasteiger partial charge in [-0.3, -0.25) is 10.1 Å². The number of benzene rings is 1. The number of nitrogens with one attached hydrogen (secondary N) is 2. The molecule has 0 aromatic heterocycles. The van der Waals surface area contributed by atoms with Gasteiger partial charge in [-0.1, -0.05) is 11.8 Å². The van der Waals surface area contributed by atoms with Gasteiger partial charge < -0.3 is 5.32 Å². The van der Waals surface area contributed by atoms with Gasteiger partial charge in [-0.05, 0) is 24.3 Å². The molecule has 0 saturated carbocycles. The molecule has 3 nitrogen and oxygen atoms in total. The van der Waals surface area contributed by atoms with Gasteiger partial charge in [0.25, 0.3) is 5.76 Å². The third-order valence-corrected chi connectivity index (χ3v) is 4.04. The van der Waals surface area contributed by atoms with Crippen molar-refractivity contribution >= 4 is 35.1 Å². The Morgan fingerprint density at radius 3 is 2.72 bits per heavy atom. The van der Waals surface area contributed by atoms with Crippen LogP contribution in [0.5, 0.6) is 0 Å². The van der Waals surface area contributed by atoms with Gasteiger partial charge in [-0.2, -0.15) is 8.78 Å². The van der Waals surface area contributed by atoms with E-state index in [1.807, 2.05) is 0 Å². The van der Waals surface area contributed by atoms with Crippen molar-refractivity contribution < 1.29 is 13.6 Å². The second kappa shape index (κ2) is 6.40. The van der Waals surface area contributed by atoms with Gasteiger partial charge in [-0.25, -0.2) is 0 Å². The summed E-state index contributed by atoms with van der Waals surface area (Å²) in [7, 11) is 0. The number of anilines is 1. The third-order valence-electron chi connectivity index (χ3n) is 2.38. The number of carbonyl (C=O) groups is 1. The van der Waals surface area contributed by atoms with Crippen LogP contribution >= 0.6 is 23.5 Å². The van der Waals surface area contributed by atoms with Crippen molar-refractivity contribution in [2.24, 2.45) is 0 Å². The molecule has 0 radical (unpaired) electrons. The van der Waals surface area contributed by atoms with Crippen LogP contribution in [0.3, 0.4) is 0 Å². The number of carbonyl (C=O) groups excluding carboxylic acids is 1. The third kappa shape index (κ3) is 3.86. The highest BCUT2D eigenvalue weighted by molar-refractivity contribution is 7.99. The molecule has 1 unspecified atom stereocenters. The van der Waals surface area contributed by atoms with E-state index in [2.05, 4.69) is 10.6 Å². The zero-order valence-electron chi connectivity index (χ0n) is 9.36. The van der Waals surface area contributed by atoms with Gasteiger partial charge in [-0.15, -0.1) is 11.8 Å². The Morgan fingerprint density at radius 2 is 2.17 bits per heavy atom. The molecule has 98 valence electrons. The average molecular weight is 290 g/mol. The first kappa shape index (κ1) is 13.6. The molecule has 1 aliphatic heterocycles. The molecule has 1 aromatic rings. The number of hydrogen-bond donors (Lipinski definition) is 2. The smallest absolute Gasteiger partial charge is 0.288 e. The van der Waals surface area contributed by atoms with E-state index in [-0.39, 0.29) is 11.9 Å². The fraction of sp³-hybridized carbons (Fsp3) is 0.364. The van der Waals surface area contributed by atoms with E-state index in [1.165, 1.54) is 0 Å². The molecule has 2 rings (SSSR count). The topological polar surface area (TPSA) is 41.1 Å². The van der Waals surface area contributed by atoms with Crippen LogP contribution in [0.2, 0.25) is 0 Å². The summed E-state index contributed by atoms with van der Waals surface area (Å²) >= 11 is 2.16. The molecule has 18 heavy (non-hydrogen) atoms. The van der Waals surface area contributed by atoms with Gasteiger partial charge >= 0.3 is 0 Å². The molecule has 1 aromatic carbocycles. The summed E-state index contributed by atoms with van der Waals surface area (Å²) in [5.74, 6) is -0.980. The fourth-order valence-electron chi connectivity index (χ4n) is 1.51. The Labute approximate surface area is 112 Å². The predicted molar refractivity (Wildman–Crippen MR) is 71.2 cm³/mol. The van der Waals surface area contributed by atoms with Crippen molar-refractivity contribution in [1.82, 2.24) is 5.32 Å². The highest BCUT2D eigenvalue weighted by atomic mass is 32.2. The van der Waals surface area contributed by atoms with Gasteiger partial charge in [0, 0.05) is 22.2 Å². The largest absolute Gasteiger partial charge is 0.325 e. The van der Waals surface area contributed by atoms with Crippen LogP contribution in [0.4, 0.5) is 14.5 Å². The molecule has 7 heteroatoms. The average Bonchev–Trinajstić information content (AvgIpc) is 2.84. The van der Waals surface area contributed by atoms with Crippen molar-refractivity contribution in [3.63, 3.8) is 0 Å². The molecule has 0 aliphatic carbocycles. The zero-order chi connectivity index (χ0) is 13.0. The first-order valence-corrected chi connectivity index (χ1v) is 7.35. The van der Waals surface area contributed by atoms with E-state index in [4.69, 9.17) is 0 Å². The molecule has 0 bridgehead atoms. The summed E-state index contributed by atoms with van der Waals surface area (Å²) in [5, 5.41) is 5.81. The Morgan fingerprint density at radius 1 is 1.44 bits per heavy atom. The first-order chi connectivity index (χ1) is 8.65. The standard InChI is InChI=1S/C11H12F2N2OS2/c12-11(13)18-8-3-1-7(2-4-8)15-10(16)9-5-17-6-14-9/h1-4,9,11,14H,5-6H2,(H,15,16). The SMILES string of the molecule is O=C(Nc1ccc(SC(F)F)cc1)C1CSCN1. The van der Waals surface area contributed by atoms with E-state index in [0.29, 0.717) is 22.3 Å². The number of hydrogen-bond acceptors (Lipinski definition) is 4. The van der Waals surface area contributed by atoms with E-state index >= 15 is 0 Å². The van der Waals surface area contributed by atoms with Gasteiger partial charge in [0.1, 0.15) is 0 Å². The zero-order valence-corrected chi connectivity index (χ0v) is 11.0. The molecule has 2 N–H and O–H groups in total. The number of rotatable bonds is 4. The Hall–Kier alpha value is -0.790. The van der Waals surface area contributed by atoms with Gasteiger partial charge in [0.05, 0.1) is 6.04 Å². The maximum absolute atomic E-state index is 12.1. The van der Waals surface area contributed by atoms with E-state index < -0.39 is 5.76 Å². The summed E-state index contributed by atoms with van der Waals surface area (Å²) in [6, 6.07) is 6.23. The lowest BCUT2D eigenvalue weighted by atomic mass is 10.2. The monoisotopic (exact) mass is 290 g/mol. The summed E-state index contributed by atoms with van der Waals surface area (Å²) in [6.45, 7) is 0. The minimum Gasteiger partial charge on any atom is -0.325 e. The van der Waals surface area contributed by atoms with Crippen molar-refractivity contribution in [2.75, 3.05) is 16.9 Å². The van der Waals surface area contributed by atoms with Crippen molar-refractivity contribution in [1.29, 1.82) is 0 Å². The quantitative estimate of drug-likeness (QED) is 0.836. The first-order valence-electron chi connectivity index (χ1n) is 5.32. The molecule has 1 atom stereocenters. The van der Waals surface area contributed by atoms with Gasteiger partial charge in [0.2, 0.25) is 5.91 Å². The molecular weight excluding hydrogens is 278 g/mol. The van der Waals surface area contributed by atoms with Gasteiger partial charge in [0.15, 0.2) is 0 Å². The lowest BCUT2D eigenvalue weighted by molar-refractivity contribution is -0.117. The van der Waals surface area contributed by atoms with Crippen LogP contribution in [0, 0.1) is 0 Å². The lowest BCUT2D eigenvalue weighted by Gasteiger charge is -2.10. The molecular formula is C11H12F2N2OS2. The van der Waals surface area contributed by atoms with Crippen LogP contribution in [0.1, 0.15) is 0 Å². The normalized spacial score (nSPS) is 19.2. The number of alkyl halides is 2. The summed E-state index contributed by atoms with van der Waals surface area (Å²) in [4.78, 5) is 12.2. The Bertz CT molecular complexity index is 408. The van der Waals surface area contributed by atoms with Crippen LogP contribution in [0.15, 0.2) is 29.2 Å². The highest BCUT2D eigenvalue weighted by Crippen LogP contribution is 2.26. The lowest BCUT2D eigenvalue weighted by Crippen LogP contribution is -2.37. The van der Waals surface area contributed by atoms with E-state index in [1.54, 1.807) is 36.0 Å². The maximum atomic E-state index is 12.1. The van der Waals surface area contributed by atoms with Crippen LogP contribution in [-0.2, 0) is 4.79 Å². The van der Waals surface area contributed by atoms with Crippen molar-refractivity contribution in [2.45, 2.75) is 16.7 Å². The Kier molecular flexibility index (Phi) is 4.85. The van der Waals surface area contributed by atoms with Crippen molar-refractivity contribution in [3.8, 4) is 0 Å². The number of amides is 1. The highest BCUT2D eigenvalue weighted by Gasteiger charge is 2.22. The minimum absolute atomic E-state index is 0.0886. The summed E-state index contributed by atoms with van der Waals surface area (Å²) in [6.07, 6.45) is 0. The second-order valence-corrected chi connectivity index (χ2v) is 5.76.